The highest BCUT2D eigenvalue weighted by atomic mass is 32.2. The Kier molecular flexibility index (Phi) is 6.65. The fourth-order valence-electron chi connectivity index (χ4n) is 2.20. The molecule has 10 nitrogen and oxygen atoms in total. The molecule has 0 aliphatic carbocycles. The van der Waals surface area contributed by atoms with Crippen LogP contribution in [0.2, 0.25) is 0 Å². The molecule has 2 amide bonds. The van der Waals surface area contributed by atoms with E-state index in [1.807, 2.05) is 6.92 Å². The van der Waals surface area contributed by atoms with Crippen molar-refractivity contribution in [2.45, 2.75) is 24.8 Å². The molecule has 1 aromatic heterocycles. The predicted molar refractivity (Wildman–Crippen MR) is 101 cm³/mol. The summed E-state index contributed by atoms with van der Waals surface area (Å²) in [6, 6.07) is 7.88. The molecule has 0 spiro atoms. The molecule has 150 valence electrons. The summed E-state index contributed by atoms with van der Waals surface area (Å²) in [4.78, 5) is 36.0. The van der Waals surface area contributed by atoms with Crippen molar-refractivity contribution < 1.29 is 18.0 Å². The summed E-state index contributed by atoms with van der Waals surface area (Å²) in [5, 5.41) is 3.93. The van der Waals surface area contributed by atoms with Crippen molar-refractivity contribution in [3.05, 3.63) is 58.0 Å². The minimum atomic E-state index is -3.70. The van der Waals surface area contributed by atoms with Crippen LogP contribution in [0.4, 0.5) is 0 Å². The molecule has 0 unspecified atom stereocenters. The summed E-state index contributed by atoms with van der Waals surface area (Å²) < 4.78 is 26.5. The Morgan fingerprint density at radius 3 is 2.43 bits per heavy atom. The van der Waals surface area contributed by atoms with Crippen LogP contribution in [0.3, 0.4) is 0 Å². The maximum atomic E-state index is 12.2. The second-order valence-corrected chi connectivity index (χ2v) is 8.16. The molecule has 2 rings (SSSR count). The number of hydrogen-bond acceptors (Lipinski definition) is 6. The van der Waals surface area contributed by atoms with Crippen LogP contribution in [0.25, 0.3) is 0 Å². The molecule has 0 aliphatic heterocycles. The maximum absolute atomic E-state index is 12.2. The van der Waals surface area contributed by atoms with E-state index in [4.69, 9.17) is 0 Å². The third kappa shape index (κ3) is 4.81. The number of rotatable bonds is 6. The van der Waals surface area contributed by atoms with E-state index < -0.39 is 21.8 Å². The fraction of sp³-hybridized carbons (Fsp3) is 0.294. The Morgan fingerprint density at radius 1 is 1.11 bits per heavy atom. The zero-order valence-electron chi connectivity index (χ0n) is 15.7. The van der Waals surface area contributed by atoms with Crippen LogP contribution >= 0.6 is 0 Å². The van der Waals surface area contributed by atoms with Crippen molar-refractivity contribution in [3.8, 4) is 0 Å². The van der Waals surface area contributed by atoms with E-state index in [2.05, 4.69) is 16.0 Å². The van der Waals surface area contributed by atoms with Gasteiger partial charge in [-0.05, 0) is 30.7 Å². The van der Waals surface area contributed by atoms with Crippen molar-refractivity contribution in [2.24, 2.45) is 0 Å². The Hall–Kier alpha value is -3.05. The number of hydrogen-bond donors (Lipinski definition) is 2. The number of benzene rings is 1. The van der Waals surface area contributed by atoms with Crippen molar-refractivity contribution in [2.75, 3.05) is 14.1 Å². The second kappa shape index (κ2) is 8.76. The highest BCUT2D eigenvalue weighted by molar-refractivity contribution is 7.89. The fourth-order valence-corrected chi connectivity index (χ4v) is 3.15. The second-order valence-electron chi connectivity index (χ2n) is 6.00. The highest BCUT2D eigenvalue weighted by Gasteiger charge is 2.19. The van der Waals surface area contributed by atoms with Crippen LogP contribution in [0.1, 0.15) is 34.2 Å². The van der Waals surface area contributed by atoms with E-state index in [1.165, 1.54) is 50.5 Å². The van der Waals surface area contributed by atoms with Gasteiger partial charge in [-0.2, -0.15) is 5.10 Å². The number of aromatic nitrogens is 2. The van der Waals surface area contributed by atoms with E-state index in [0.29, 0.717) is 13.0 Å². The third-order valence-corrected chi connectivity index (χ3v) is 5.51. The van der Waals surface area contributed by atoms with Gasteiger partial charge >= 0.3 is 0 Å². The van der Waals surface area contributed by atoms with Crippen molar-refractivity contribution in [3.63, 3.8) is 0 Å². The normalized spacial score (nSPS) is 11.3. The van der Waals surface area contributed by atoms with Gasteiger partial charge in [-0.1, -0.05) is 13.0 Å². The molecule has 1 aromatic carbocycles. The van der Waals surface area contributed by atoms with Gasteiger partial charge in [0.05, 0.1) is 4.90 Å². The molecule has 0 radical (unpaired) electrons. The lowest BCUT2D eigenvalue weighted by Crippen LogP contribution is -2.42. The third-order valence-electron chi connectivity index (χ3n) is 3.70. The van der Waals surface area contributed by atoms with Gasteiger partial charge in [-0.3, -0.25) is 25.2 Å². The van der Waals surface area contributed by atoms with E-state index >= 15 is 0 Å². The molecule has 28 heavy (non-hydrogen) atoms. The van der Waals surface area contributed by atoms with Crippen LogP contribution in [0.15, 0.2) is 46.1 Å². The molecule has 11 heteroatoms. The van der Waals surface area contributed by atoms with Gasteiger partial charge in [0.15, 0.2) is 5.69 Å². The first kappa shape index (κ1) is 21.3. The Bertz CT molecular complexity index is 1050. The number of hydrazine groups is 1. The summed E-state index contributed by atoms with van der Waals surface area (Å²) in [7, 11) is -0.933. The van der Waals surface area contributed by atoms with Crippen LogP contribution in [-0.4, -0.2) is 48.4 Å². The number of carbonyl (C=O) groups is 2. The number of amides is 2. The van der Waals surface area contributed by atoms with E-state index in [0.717, 1.165) is 8.99 Å². The lowest BCUT2D eigenvalue weighted by Gasteiger charge is -2.12. The zero-order valence-corrected chi connectivity index (χ0v) is 16.5. The van der Waals surface area contributed by atoms with Gasteiger partial charge in [0, 0.05) is 32.3 Å². The van der Waals surface area contributed by atoms with E-state index in [-0.39, 0.29) is 21.7 Å². The number of nitrogens with zero attached hydrogens (tertiary/aromatic N) is 3. The number of sulfonamides is 1. The van der Waals surface area contributed by atoms with Crippen LogP contribution in [0, 0.1) is 0 Å². The summed E-state index contributed by atoms with van der Waals surface area (Å²) in [5.74, 6) is -1.42. The Morgan fingerprint density at radius 2 is 1.79 bits per heavy atom. The van der Waals surface area contributed by atoms with E-state index in [1.54, 1.807) is 0 Å². The summed E-state index contributed by atoms with van der Waals surface area (Å²) in [6.07, 6.45) is 0.668. The molecule has 0 fully saturated rings. The van der Waals surface area contributed by atoms with Crippen molar-refractivity contribution >= 4 is 21.8 Å². The van der Waals surface area contributed by atoms with Crippen LogP contribution < -0.4 is 16.4 Å². The first-order chi connectivity index (χ1) is 13.2. The van der Waals surface area contributed by atoms with Crippen molar-refractivity contribution in [1.29, 1.82) is 0 Å². The lowest BCUT2D eigenvalue weighted by molar-refractivity contribution is 0.0842. The van der Waals surface area contributed by atoms with E-state index in [9.17, 15) is 22.8 Å². The molecule has 1 heterocycles. The molecular formula is C17H21N5O5S. The smallest absolute Gasteiger partial charge is 0.268 e. The van der Waals surface area contributed by atoms with Gasteiger partial charge in [-0.25, -0.2) is 17.4 Å². The summed E-state index contributed by atoms with van der Waals surface area (Å²) in [5.41, 5.74) is 4.06. The van der Waals surface area contributed by atoms with Gasteiger partial charge in [0.1, 0.15) is 0 Å². The molecule has 0 bridgehead atoms. The van der Waals surface area contributed by atoms with Crippen LogP contribution in [0.5, 0.6) is 0 Å². The molecule has 2 aromatic rings. The average Bonchev–Trinajstić information content (AvgIpc) is 2.67. The SMILES string of the molecule is CCCn1nc(C(=O)NNC(=O)c2cccc(S(=O)(=O)N(C)C)c2)ccc1=O. The minimum absolute atomic E-state index is 0.0442. The standard InChI is InChI=1S/C17H21N5O5S/c1-4-10-22-15(23)9-8-14(20-22)17(25)19-18-16(24)12-6-5-7-13(11-12)28(26,27)21(2)3/h5-9,11H,4,10H2,1-3H3,(H,18,24)(H,19,25). The number of nitrogens with one attached hydrogen (secondary N) is 2. The molecule has 2 N–H and O–H groups in total. The van der Waals surface area contributed by atoms with Gasteiger partial charge in [0.2, 0.25) is 10.0 Å². The zero-order chi connectivity index (χ0) is 20.9. The quantitative estimate of drug-likeness (QED) is 0.647. The first-order valence-corrected chi connectivity index (χ1v) is 9.82. The molecular weight excluding hydrogens is 386 g/mol. The van der Waals surface area contributed by atoms with Crippen molar-refractivity contribution in [1.82, 2.24) is 24.9 Å². The molecule has 0 atom stereocenters. The molecule has 0 aliphatic rings. The van der Waals surface area contributed by atoms with Gasteiger partial charge in [0.25, 0.3) is 17.4 Å². The Balaban J connectivity index is 2.11. The number of aryl methyl sites for hydroxylation is 1. The molecule has 0 saturated carbocycles. The number of carbonyl (C=O) groups excluding carboxylic acids is 2. The summed E-state index contributed by atoms with van der Waals surface area (Å²) in [6.45, 7) is 2.23. The maximum Gasteiger partial charge on any atom is 0.290 e. The predicted octanol–water partition coefficient (Wildman–Crippen LogP) is -0.0216. The first-order valence-electron chi connectivity index (χ1n) is 8.38. The topological polar surface area (TPSA) is 130 Å². The highest BCUT2D eigenvalue weighted by Crippen LogP contribution is 2.14. The monoisotopic (exact) mass is 407 g/mol. The average molecular weight is 407 g/mol. The summed E-state index contributed by atoms with van der Waals surface area (Å²) >= 11 is 0. The molecule has 0 saturated heterocycles. The van der Waals surface area contributed by atoms with Crippen LogP contribution in [-0.2, 0) is 16.6 Å². The van der Waals surface area contributed by atoms with Gasteiger partial charge < -0.3 is 0 Å². The Labute approximate surface area is 162 Å². The minimum Gasteiger partial charge on any atom is -0.268 e. The van der Waals surface area contributed by atoms with Gasteiger partial charge in [-0.15, -0.1) is 0 Å². The largest absolute Gasteiger partial charge is 0.290 e. The lowest BCUT2D eigenvalue weighted by atomic mass is 10.2.